The largest absolute Gasteiger partial charge is 0.504 e. The summed E-state index contributed by atoms with van der Waals surface area (Å²) in [6.07, 6.45) is 1.22. The van der Waals surface area contributed by atoms with Gasteiger partial charge in [0.05, 0.1) is 6.21 Å². The Balaban J connectivity index is 1.59. The van der Waals surface area contributed by atoms with E-state index in [9.17, 15) is 15.0 Å². The number of rotatable bonds is 5. The van der Waals surface area contributed by atoms with Gasteiger partial charge in [-0.3, -0.25) is 4.79 Å². The molecule has 0 aliphatic rings. The van der Waals surface area contributed by atoms with E-state index in [-0.39, 0.29) is 23.6 Å². The van der Waals surface area contributed by atoms with Gasteiger partial charge in [-0.1, -0.05) is 36.4 Å². The monoisotopic (exact) mass is 338 g/mol. The number of phenolic OH excluding ortho intramolecular Hbond substituents is 2. The molecule has 1 amide bonds. The van der Waals surface area contributed by atoms with Crippen LogP contribution in [0.5, 0.6) is 11.5 Å². The van der Waals surface area contributed by atoms with E-state index in [1.165, 1.54) is 18.3 Å². The first-order valence-electron chi connectivity index (χ1n) is 7.29. The molecule has 0 spiro atoms. The number of tetrazole rings is 1. The minimum Gasteiger partial charge on any atom is -0.504 e. The second-order valence-electron chi connectivity index (χ2n) is 5.02. The molecule has 3 aromatic rings. The lowest BCUT2D eigenvalue weighted by Gasteiger charge is -2.01. The molecule has 0 unspecified atom stereocenters. The summed E-state index contributed by atoms with van der Waals surface area (Å²) < 4.78 is 0. The van der Waals surface area contributed by atoms with Crippen LogP contribution in [-0.2, 0) is 11.3 Å². The number of phenols is 2. The summed E-state index contributed by atoms with van der Waals surface area (Å²) in [6, 6.07) is 13.7. The van der Waals surface area contributed by atoms with Crippen LogP contribution < -0.4 is 5.43 Å². The highest BCUT2D eigenvalue weighted by atomic mass is 16.3. The highest BCUT2D eigenvalue weighted by molar-refractivity contribution is 5.86. The van der Waals surface area contributed by atoms with Gasteiger partial charge in [-0.15, -0.1) is 10.2 Å². The third-order valence-corrected chi connectivity index (χ3v) is 3.21. The highest BCUT2D eigenvalue weighted by Crippen LogP contribution is 2.26. The van der Waals surface area contributed by atoms with Crippen molar-refractivity contribution in [3.63, 3.8) is 0 Å². The fraction of sp³-hybridized carbons (Fsp3) is 0.0625. The van der Waals surface area contributed by atoms with E-state index in [0.717, 1.165) is 10.4 Å². The molecule has 0 fully saturated rings. The highest BCUT2D eigenvalue weighted by Gasteiger charge is 2.08. The molecule has 9 nitrogen and oxygen atoms in total. The normalized spacial score (nSPS) is 10.9. The summed E-state index contributed by atoms with van der Waals surface area (Å²) in [6.45, 7) is -0.163. The van der Waals surface area contributed by atoms with E-state index in [2.05, 4.69) is 25.9 Å². The Labute approximate surface area is 142 Å². The van der Waals surface area contributed by atoms with Gasteiger partial charge in [0.25, 0.3) is 5.91 Å². The second kappa shape index (κ2) is 7.21. The molecule has 3 rings (SSSR count). The SMILES string of the molecule is O=C(Cn1nnc(-c2ccccc2)n1)NN=Cc1cccc(O)c1O. The molecular formula is C16H14N6O3. The van der Waals surface area contributed by atoms with Crippen molar-refractivity contribution in [3.8, 4) is 22.9 Å². The van der Waals surface area contributed by atoms with Crippen molar-refractivity contribution in [3.05, 3.63) is 54.1 Å². The van der Waals surface area contributed by atoms with E-state index in [4.69, 9.17) is 0 Å². The smallest absolute Gasteiger partial charge is 0.263 e. The van der Waals surface area contributed by atoms with Crippen LogP contribution >= 0.6 is 0 Å². The summed E-state index contributed by atoms with van der Waals surface area (Å²) in [4.78, 5) is 13.0. The Morgan fingerprint density at radius 1 is 1.16 bits per heavy atom. The van der Waals surface area contributed by atoms with Crippen LogP contribution in [0.25, 0.3) is 11.4 Å². The minimum absolute atomic E-state index is 0.163. The third kappa shape index (κ3) is 3.96. The number of amides is 1. The maximum Gasteiger partial charge on any atom is 0.263 e. The molecule has 0 aliphatic carbocycles. The van der Waals surface area contributed by atoms with Gasteiger partial charge in [-0.2, -0.15) is 9.90 Å². The van der Waals surface area contributed by atoms with Crippen LogP contribution in [0, 0.1) is 0 Å². The molecule has 25 heavy (non-hydrogen) atoms. The van der Waals surface area contributed by atoms with Crippen LogP contribution in [0.1, 0.15) is 5.56 Å². The van der Waals surface area contributed by atoms with Crippen molar-refractivity contribution in [2.45, 2.75) is 6.54 Å². The van der Waals surface area contributed by atoms with Gasteiger partial charge < -0.3 is 10.2 Å². The molecule has 2 aromatic carbocycles. The Kier molecular flexibility index (Phi) is 4.65. The first-order valence-corrected chi connectivity index (χ1v) is 7.29. The van der Waals surface area contributed by atoms with E-state index >= 15 is 0 Å². The summed E-state index contributed by atoms with van der Waals surface area (Å²) >= 11 is 0. The predicted octanol–water partition coefficient (Wildman–Crippen LogP) is 0.902. The van der Waals surface area contributed by atoms with Gasteiger partial charge in [0, 0.05) is 11.1 Å². The van der Waals surface area contributed by atoms with Crippen LogP contribution in [0.4, 0.5) is 0 Å². The van der Waals surface area contributed by atoms with Crippen LogP contribution in [-0.4, -0.2) is 42.5 Å². The maximum atomic E-state index is 11.8. The predicted molar refractivity (Wildman–Crippen MR) is 88.8 cm³/mol. The fourth-order valence-electron chi connectivity index (χ4n) is 2.00. The summed E-state index contributed by atoms with van der Waals surface area (Å²) in [7, 11) is 0. The van der Waals surface area contributed by atoms with Crippen LogP contribution in [0.2, 0.25) is 0 Å². The quantitative estimate of drug-likeness (QED) is 0.360. The van der Waals surface area contributed by atoms with Crippen molar-refractivity contribution in [2.24, 2.45) is 5.10 Å². The minimum atomic E-state index is -0.465. The summed E-state index contributed by atoms with van der Waals surface area (Å²) in [5.41, 5.74) is 3.35. The van der Waals surface area contributed by atoms with Crippen molar-refractivity contribution in [1.29, 1.82) is 0 Å². The number of hydrazone groups is 1. The number of carbonyl (C=O) groups is 1. The summed E-state index contributed by atoms with van der Waals surface area (Å²) in [5.74, 6) is -0.629. The molecule has 0 saturated heterocycles. The lowest BCUT2D eigenvalue weighted by Crippen LogP contribution is -2.24. The zero-order valence-corrected chi connectivity index (χ0v) is 12.9. The molecule has 9 heteroatoms. The van der Waals surface area contributed by atoms with E-state index < -0.39 is 5.91 Å². The molecule has 3 N–H and O–H groups in total. The van der Waals surface area contributed by atoms with Crippen LogP contribution in [0.15, 0.2) is 53.6 Å². The molecule has 126 valence electrons. The Hall–Kier alpha value is -3.75. The number of nitrogens with one attached hydrogen (secondary N) is 1. The third-order valence-electron chi connectivity index (χ3n) is 3.21. The lowest BCUT2D eigenvalue weighted by atomic mass is 10.2. The number of benzene rings is 2. The van der Waals surface area contributed by atoms with Crippen LogP contribution in [0.3, 0.4) is 0 Å². The van der Waals surface area contributed by atoms with Crippen molar-refractivity contribution in [1.82, 2.24) is 25.6 Å². The average Bonchev–Trinajstić information content (AvgIpc) is 3.08. The number of para-hydroxylation sites is 1. The molecule has 1 aromatic heterocycles. The standard InChI is InChI=1S/C16H14N6O3/c23-13-8-4-7-12(15(13)25)9-17-18-14(24)10-22-20-16(19-21-22)11-5-2-1-3-6-11/h1-9,23,25H,10H2,(H,18,24). The van der Waals surface area contributed by atoms with Gasteiger partial charge in [-0.25, -0.2) is 5.43 Å². The first kappa shape index (κ1) is 16.1. The van der Waals surface area contributed by atoms with Gasteiger partial charge in [0.1, 0.15) is 6.54 Å². The fourth-order valence-corrected chi connectivity index (χ4v) is 2.00. The van der Waals surface area contributed by atoms with E-state index in [0.29, 0.717) is 5.82 Å². The molecular weight excluding hydrogens is 324 g/mol. The van der Waals surface area contributed by atoms with Crippen molar-refractivity contribution >= 4 is 12.1 Å². The van der Waals surface area contributed by atoms with Gasteiger partial charge in [0.15, 0.2) is 11.5 Å². The average molecular weight is 338 g/mol. The Morgan fingerprint density at radius 2 is 1.96 bits per heavy atom. The molecule has 0 saturated carbocycles. The molecule has 0 radical (unpaired) electrons. The number of hydrogen-bond donors (Lipinski definition) is 3. The Bertz CT molecular complexity index is 907. The lowest BCUT2D eigenvalue weighted by molar-refractivity contribution is -0.122. The second-order valence-corrected chi connectivity index (χ2v) is 5.02. The number of aromatic hydroxyl groups is 2. The molecule has 0 bridgehead atoms. The number of aromatic nitrogens is 4. The van der Waals surface area contributed by atoms with Crippen molar-refractivity contribution < 1.29 is 15.0 Å². The number of carbonyl (C=O) groups excluding carboxylic acids is 1. The molecule has 1 heterocycles. The van der Waals surface area contributed by atoms with Gasteiger partial charge in [-0.05, 0) is 17.3 Å². The topological polar surface area (TPSA) is 126 Å². The molecule has 0 atom stereocenters. The van der Waals surface area contributed by atoms with Gasteiger partial charge >= 0.3 is 0 Å². The van der Waals surface area contributed by atoms with Gasteiger partial charge in [0.2, 0.25) is 5.82 Å². The van der Waals surface area contributed by atoms with E-state index in [1.807, 2.05) is 30.3 Å². The molecule has 0 aliphatic heterocycles. The first-order chi connectivity index (χ1) is 12.1. The number of nitrogens with zero attached hydrogens (tertiary/aromatic N) is 5. The van der Waals surface area contributed by atoms with E-state index in [1.54, 1.807) is 6.07 Å². The zero-order chi connectivity index (χ0) is 17.6. The maximum absolute atomic E-state index is 11.8. The summed E-state index contributed by atoms with van der Waals surface area (Å²) in [5, 5.41) is 34.5. The Morgan fingerprint density at radius 3 is 2.76 bits per heavy atom. The zero-order valence-electron chi connectivity index (χ0n) is 12.9. The number of hydrogen-bond acceptors (Lipinski definition) is 7. The van der Waals surface area contributed by atoms with Crippen molar-refractivity contribution in [2.75, 3.05) is 0 Å².